The van der Waals surface area contributed by atoms with Crippen molar-refractivity contribution in [1.82, 2.24) is 5.23 Å². The molecule has 0 aromatic heterocycles. The van der Waals surface area contributed by atoms with Crippen LogP contribution in [0, 0.1) is 0 Å². The minimum absolute atomic E-state index is 0. The van der Waals surface area contributed by atoms with E-state index in [0.29, 0.717) is 0 Å². The first-order valence-corrected chi connectivity index (χ1v) is 1.03. The Balaban J connectivity index is -0.0000000267. The number of nitrogens with one attached hydrogen (secondary N) is 1. The van der Waals surface area contributed by atoms with E-state index in [1.54, 1.807) is 5.23 Å². The molecule has 0 saturated heterocycles. The van der Waals surface area contributed by atoms with Gasteiger partial charge in [0.05, 0.1) is 0 Å². The van der Waals surface area contributed by atoms with E-state index in [9.17, 15) is 4.79 Å². The molecule has 0 aliphatic rings. The molecule has 0 aromatic rings. The molecule has 0 rings (SSSR count). The van der Waals surface area contributed by atoms with Gasteiger partial charge in [-0.3, -0.25) is 4.79 Å². The molecule has 3 nitrogen and oxygen atoms in total. The molecule has 0 unspecified atom stereocenters. The number of carbonyl (C=O) groups is 1. The molecule has 2 amide bonds. The first-order chi connectivity index (χ1) is 2.27. The summed E-state index contributed by atoms with van der Waals surface area (Å²) >= 11 is 0. The van der Waals surface area contributed by atoms with Crippen molar-refractivity contribution in [3.63, 3.8) is 0 Å². The van der Waals surface area contributed by atoms with Crippen molar-refractivity contribution in [2.24, 2.45) is 5.73 Å². The van der Waals surface area contributed by atoms with Crippen molar-refractivity contribution < 1.29 is 77.1 Å². The first kappa shape index (κ1) is 15.8. The van der Waals surface area contributed by atoms with Crippen LogP contribution in [-0.2, 0) is 19.5 Å². The normalized spacial score (nSPS) is 4.57. The summed E-state index contributed by atoms with van der Waals surface area (Å²) in [6.45, 7) is 0. The Morgan fingerprint density at radius 3 is 2.00 bits per heavy atom. The smallest absolute Gasteiger partial charge is 1.00 e. The summed E-state index contributed by atoms with van der Waals surface area (Å²) in [5.41, 5.74) is 4.42. The van der Waals surface area contributed by atoms with E-state index in [2.05, 4.69) is 13.7 Å². The molecule has 0 aliphatic heterocycles. The summed E-state index contributed by atoms with van der Waals surface area (Å²) in [5.74, 6) is 0. The zero-order chi connectivity index (χ0) is 4.28. The Kier molecular flexibility index (Phi) is 23.9. The van der Waals surface area contributed by atoms with Gasteiger partial charge in [-0.15, -0.1) is 0 Å². The van der Waals surface area contributed by atoms with Gasteiger partial charge in [0.15, 0.2) is 0 Å². The van der Waals surface area contributed by atoms with Crippen LogP contribution in [0.25, 0.3) is 0 Å². The Hall–Kier alpha value is 1.59. The molecular formula is CH4BKN2OZn. The van der Waals surface area contributed by atoms with Gasteiger partial charge < -0.3 is 12.4 Å². The van der Waals surface area contributed by atoms with E-state index in [1.165, 1.54) is 0 Å². The van der Waals surface area contributed by atoms with Crippen molar-refractivity contribution in [3.05, 3.63) is 0 Å². The van der Waals surface area contributed by atoms with E-state index in [1.807, 2.05) is 0 Å². The van der Waals surface area contributed by atoms with Crippen LogP contribution < -0.4 is 62.3 Å². The summed E-state index contributed by atoms with van der Waals surface area (Å²) in [6.07, 6.45) is 0. The molecule has 6 heteroatoms. The van der Waals surface area contributed by atoms with Gasteiger partial charge in [0, 0.05) is 19.5 Å². The van der Waals surface area contributed by atoms with E-state index in [4.69, 9.17) is 0 Å². The molecule has 0 bridgehead atoms. The third kappa shape index (κ3) is 18.4. The molecule has 0 heterocycles. The SMILES string of the molecule is [B]NC(N)=O.[H-].[K+].[Zn]. The number of rotatable bonds is 0. The third-order valence-electron chi connectivity index (χ3n) is 0.142. The van der Waals surface area contributed by atoms with Crippen LogP contribution in [0.4, 0.5) is 4.79 Å². The van der Waals surface area contributed by atoms with Crippen molar-refractivity contribution in [2.45, 2.75) is 0 Å². The van der Waals surface area contributed by atoms with Crippen molar-refractivity contribution in [1.29, 1.82) is 0 Å². The molecule has 0 aliphatic carbocycles. The van der Waals surface area contributed by atoms with E-state index in [0.717, 1.165) is 0 Å². The van der Waals surface area contributed by atoms with Crippen LogP contribution in [0.3, 0.4) is 0 Å². The summed E-state index contributed by atoms with van der Waals surface area (Å²) < 4.78 is 0. The minimum Gasteiger partial charge on any atom is -1.00 e. The standard InChI is InChI=1S/CH3BN2O.K.Zn.H/c2-4-1(3)5;;;/h(H3,3,4,5);;;/q;+1;;-1. The Morgan fingerprint density at radius 2 is 2.00 bits per heavy atom. The predicted octanol–water partition coefficient (Wildman–Crippen LogP) is -4.15. The largest absolute Gasteiger partial charge is 1.00 e. The van der Waals surface area contributed by atoms with E-state index < -0.39 is 6.03 Å². The maximum atomic E-state index is 9.35. The number of primary amides is 1. The third-order valence-corrected chi connectivity index (χ3v) is 0.142. The Morgan fingerprint density at radius 1 is 1.86 bits per heavy atom. The number of carbonyl (C=O) groups excluding carboxylic acids is 1. The van der Waals surface area contributed by atoms with E-state index in [-0.39, 0.29) is 72.3 Å². The van der Waals surface area contributed by atoms with Gasteiger partial charge in [-0.1, -0.05) is 0 Å². The number of amides is 2. The predicted molar refractivity (Wildman–Crippen MR) is 19.6 cm³/mol. The van der Waals surface area contributed by atoms with Gasteiger partial charge in [0.25, 0.3) is 6.03 Å². The number of nitrogens with two attached hydrogens (primary N) is 1. The zero-order valence-electron chi connectivity index (χ0n) is 5.27. The molecule has 30 valence electrons. The van der Waals surface area contributed by atoms with E-state index >= 15 is 0 Å². The quantitative estimate of drug-likeness (QED) is 0.361. The summed E-state index contributed by atoms with van der Waals surface area (Å²) in [7, 11) is 4.45. The van der Waals surface area contributed by atoms with Crippen LogP contribution in [0.1, 0.15) is 1.43 Å². The van der Waals surface area contributed by atoms with Crippen LogP contribution in [0.15, 0.2) is 0 Å². The van der Waals surface area contributed by atoms with Crippen LogP contribution in [0.2, 0.25) is 0 Å². The molecule has 0 atom stereocenters. The second kappa shape index (κ2) is 10.6. The van der Waals surface area contributed by atoms with Crippen LogP contribution in [0.5, 0.6) is 0 Å². The number of hydrogen-bond donors (Lipinski definition) is 2. The molecule has 3 N–H and O–H groups in total. The average molecular weight is 175 g/mol. The van der Waals surface area contributed by atoms with Crippen molar-refractivity contribution in [3.8, 4) is 0 Å². The second-order valence-electron chi connectivity index (χ2n) is 0.509. The average Bonchev–Trinajstić information content (AvgIpc) is 1.38. The summed E-state index contributed by atoms with van der Waals surface area (Å²) in [5, 5.41) is 1.67. The monoisotopic (exact) mass is 174 g/mol. The fraction of sp³-hybridized carbons (Fsp3) is 0. The van der Waals surface area contributed by atoms with Gasteiger partial charge in [-0.05, 0) is 0 Å². The molecule has 0 spiro atoms. The van der Waals surface area contributed by atoms with Crippen molar-refractivity contribution >= 4 is 14.0 Å². The maximum Gasteiger partial charge on any atom is 1.00 e. The van der Waals surface area contributed by atoms with Crippen LogP contribution >= 0.6 is 0 Å². The van der Waals surface area contributed by atoms with Crippen molar-refractivity contribution in [2.75, 3.05) is 0 Å². The number of urea groups is 1. The van der Waals surface area contributed by atoms with Gasteiger partial charge in [0.1, 0.15) is 0 Å². The second-order valence-corrected chi connectivity index (χ2v) is 0.509. The maximum absolute atomic E-state index is 9.35. The fourth-order valence-electron chi connectivity index (χ4n) is 0. The van der Waals surface area contributed by atoms with Gasteiger partial charge in [-0.2, -0.15) is 0 Å². The van der Waals surface area contributed by atoms with Gasteiger partial charge in [-0.25, -0.2) is 0 Å². The minimum atomic E-state index is -0.718. The Labute approximate surface area is 100 Å². The summed E-state index contributed by atoms with van der Waals surface area (Å²) in [4.78, 5) is 9.35. The topological polar surface area (TPSA) is 55.1 Å². The zero-order valence-corrected chi connectivity index (χ0v) is 10.4. The molecule has 2 radical (unpaired) electrons. The Bertz CT molecular complexity index is 57.3. The molecule has 0 fully saturated rings. The molecule has 0 saturated carbocycles. The first-order valence-electron chi connectivity index (χ1n) is 1.03. The summed E-state index contributed by atoms with van der Waals surface area (Å²) in [6, 6.07) is -0.718. The number of hydrogen-bond acceptors (Lipinski definition) is 1. The van der Waals surface area contributed by atoms with Gasteiger partial charge in [0.2, 0.25) is 7.98 Å². The van der Waals surface area contributed by atoms with Gasteiger partial charge >= 0.3 is 51.4 Å². The molecule has 7 heavy (non-hydrogen) atoms. The molecular weight excluding hydrogens is 171 g/mol. The molecule has 0 aromatic carbocycles. The fourth-order valence-corrected chi connectivity index (χ4v) is 0. The van der Waals surface area contributed by atoms with Crippen LogP contribution in [-0.4, -0.2) is 14.0 Å².